The molecule has 0 aliphatic heterocycles. The van der Waals surface area contributed by atoms with E-state index in [-0.39, 0.29) is 0 Å². The quantitative estimate of drug-likeness (QED) is 0.694. The van der Waals surface area contributed by atoms with E-state index < -0.39 is 6.16 Å². The van der Waals surface area contributed by atoms with Crippen molar-refractivity contribution in [2.24, 2.45) is 0 Å². The average molecular weight is 222 g/mol. The number of methoxy groups -OCH3 is 1. The summed E-state index contributed by atoms with van der Waals surface area (Å²) in [5.41, 5.74) is 1.19. The molecule has 0 fully saturated rings. The maximum Gasteiger partial charge on any atom is 0.514 e. The Balaban J connectivity index is 2.34. The van der Waals surface area contributed by atoms with Crippen LogP contribution in [0.5, 0.6) is 5.06 Å². The van der Waals surface area contributed by atoms with Crippen LogP contribution in [-0.4, -0.2) is 13.3 Å². The molecule has 0 atom stereocenters. The molecule has 78 valence electrons. The second-order valence-electron chi connectivity index (χ2n) is 3.16. The smallest absolute Gasteiger partial charge is 0.437 e. The molecule has 0 aliphatic rings. The largest absolute Gasteiger partial charge is 0.514 e. The van der Waals surface area contributed by atoms with Gasteiger partial charge in [-0.05, 0) is 18.4 Å². The molecule has 0 N–H and O–H groups in total. The molecule has 2 rings (SSSR count). The van der Waals surface area contributed by atoms with E-state index in [1.54, 1.807) is 0 Å². The molecular formula is C11H10O3S. The minimum atomic E-state index is -0.682. The fourth-order valence-corrected chi connectivity index (χ4v) is 2.20. The molecule has 0 radical (unpaired) electrons. The van der Waals surface area contributed by atoms with Crippen molar-refractivity contribution >= 4 is 27.6 Å². The summed E-state index contributed by atoms with van der Waals surface area (Å²) >= 11 is 1.43. The fourth-order valence-electron chi connectivity index (χ4n) is 1.31. The standard InChI is InChI=1S/C11H10O3S/c1-7-3-4-9-8(5-7)6-10(15-9)14-11(12)13-2/h3-6H,1-2H3. The normalized spacial score (nSPS) is 10.3. The molecule has 0 aliphatic carbocycles. The molecule has 1 heterocycles. The van der Waals surface area contributed by atoms with Crippen molar-refractivity contribution < 1.29 is 14.3 Å². The van der Waals surface area contributed by atoms with E-state index in [0.29, 0.717) is 5.06 Å². The zero-order valence-electron chi connectivity index (χ0n) is 8.44. The predicted molar refractivity (Wildman–Crippen MR) is 59.6 cm³/mol. The molecule has 0 amide bonds. The summed E-state index contributed by atoms with van der Waals surface area (Å²) in [7, 11) is 1.29. The molecule has 1 aromatic carbocycles. The molecule has 4 heteroatoms. The number of aryl methyl sites for hydroxylation is 1. The number of rotatable bonds is 1. The number of carbonyl (C=O) groups excluding carboxylic acids is 1. The van der Waals surface area contributed by atoms with Gasteiger partial charge in [0.15, 0.2) is 5.06 Å². The van der Waals surface area contributed by atoms with Gasteiger partial charge in [0.05, 0.1) is 7.11 Å². The van der Waals surface area contributed by atoms with Crippen LogP contribution in [-0.2, 0) is 4.74 Å². The first-order chi connectivity index (χ1) is 7.19. The van der Waals surface area contributed by atoms with Gasteiger partial charge < -0.3 is 9.47 Å². The van der Waals surface area contributed by atoms with Crippen LogP contribution >= 0.6 is 11.3 Å². The molecule has 3 nitrogen and oxygen atoms in total. The third-order valence-electron chi connectivity index (χ3n) is 2.00. The second kappa shape index (κ2) is 3.90. The van der Waals surface area contributed by atoms with Crippen LogP contribution in [0.1, 0.15) is 5.56 Å². The molecule has 15 heavy (non-hydrogen) atoms. The number of hydrogen-bond donors (Lipinski definition) is 0. The zero-order chi connectivity index (χ0) is 10.8. The van der Waals surface area contributed by atoms with Crippen LogP contribution in [0.4, 0.5) is 4.79 Å². The minimum Gasteiger partial charge on any atom is -0.437 e. The summed E-state index contributed by atoms with van der Waals surface area (Å²) in [6.07, 6.45) is -0.682. The number of carbonyl (C=O) groups is 1. The first-order valence-electron chi connectivity index (χ1n) is 4.45. The minimum absolute atomic E-state index is 0.558. The Morgan fingerprint density at radius 2 is 2.13 bits per heavy atom. The van der Waals surface area contributed by atoms with Crippen LogP contribution in [0.2, 0.25) is 0 Å². The van der Waals surface area contributed by atoms with E-state index in [1.807, 2.05) is 25.1 Å². The molecule has 0 saturated carbocycles. The molecule has 1 aromatic heterocycles. The highest BCUT2D eigenvalue weighted by molar-refractivity contribution is 7.20. The van der Waals surface area contributed by atoms with Gasteiger partial charge in [-0.25, -0.2) is 4.79 Å². The number of ether oxygens (including phenoxy) is 2. The zero-order valence-corrected chi connectivity index (χ0v) is 9.26. The van der Waals surface area contributed by atoms with Gasteiger partial charge in [-0.1, -0.05) is 29.0 Å². The van der Waals surface area contributed by atoms with Gasteiger partial charge in [-0.3, -0.25) is 0 Å². The Kier molecular flexibility index (Phi) is 2.60. The van der Waals surface area contributed by atoms with Gasteiger partial charge >= 0.3 is 6.16 Å². The summed E-state index contributed by atoms with van der Waals surface area (Å²) < 4.78 is 10.5. The summed E-state index contributed by atoms with van der Waals surface area (Å²) in [4.78, 5) is 10.9. The second-order valence-corrected chi connectivity index (χ2v) is 4.21. The Labute approximate surface area is 91.2 Å². The van der Waals surface area contributed by atoms with E-state index in [0.717, 1.165) is 10.1 Å². The van der Waals surface area contributed by atoms with E-state index in [9.17, 15) is 4.79 Å². The SMILES string of the molecule is COC(=O)Oc1cc2cc(C)ccc2s1. The number of fused-ring (bicyclic) bond motifs is 1. The van der Waals surface area contributed by atoms with Crippen molar-refractivity contribution in [3.63, 3.8) is 0 Å². The summed E-state index contributed by atoms with van der Waals surface area (Å²) in [5.74, 6) is 0. The molecule has 0 saturated heterocycles. The summed E-state index contributed by atoms with van der Waals surface area (Å²) in [5, 5.41) is 1.64. The summed E-state index contributed by atoms with van der Waals surface area (Å²) in [6, 6.07) is 7.93. The Bertz CT molecular complexity index is 502. The average Bonchev–Trinajstić information content (AvgIpc) is 2.59. The topological polar surface area (TPSA) is 35.5 Å². The lowest BCUT2D eigenvalue weighted by Gasteiger charge is -1.96. The van der Waals surface area contributed by atoms with Gasteiger partial charge in [0.25, 0.3) is 0 Å². The van der Waals surface area contributed by atoms with E-state index >= 15 is 0 Å². The van der Waals surface area contributed by atoms with Gasteiger partial charge in [-0.2, -0.15) is 0 Å². The lowest BCUT2D eigenvalue weighted by molar-refractivity contribution is 0.123. The van der Waals surface area contributed by atoms with Crippen LogP contribution < -0.4 is 4.74 Å². The maximum atomic E-state index is 10.9. The monoisotopic (exact) mass is 222 g/mol. The van der Waals surface area contributed by atoms with Crippen molar-refractivity contribution in [2.75, 3.05) is 7.11 Å². The molecule has 0 unspecified atom stereocenters. The van der Waals surface area contributed by atoms with E-state index in [2.05, 4.69) is 10.8 Å². The van der Waals surface area contributed by atoms with Crippen molar-refractivity contribution in [1.29, 1.82) is 0 Å². The third-order valence-corrected chi connectivity index (χ3v) is 2.99. The van der Waals surface area contributed by atoms with Gasteiger partial charge in [0, 0.05) is 10.8 Å². The highest BCUT2D eigenvalue weighted by Gasteiger charge is 2.07. The first-order valence-corrected chi connectivity index (χ1v) is 5.26. The van der Waals surface area contributed by atoms with E-state index in [1.165, 1.54) is 24.0 Å². The van der Waals surface area contributed by atoms with Crippen molar-refractivity contribution in [1.82, 2.24) is 0 Å². The highest BCUT2D eigenvalue weighted by atomic mass is 32.1. The molecule has 0 bridgehead atoms. The van der Waals surface area contributed by atoms with Gasteiger partial charge in [0.1, 0.15) is 0 Å². The van der Waals surface area contributed by atoms with E-state index in [4.69, 9.17) is 4.74 Å². The van der Waals surface area contributed by atoms with Gasteiger partial charge in [0.2, 0.25) is 0 Å². The van der Waals surface area contributed by atoms with Crippen molar-refractivity contribution in [3.05, 3.63) is 29.8 Å². The van der Waals surface area contributed by atoms with Crippen molar-refractivity contribution in [3.8, 4) is 5.06 Å². The van der Waals surface area contributed by atoms with Crippen LogP contribution in [0, 0.1) is 6.92 Å². The highest BCUT2D eigenvalue weighted by Crippen LogP contribution is 2.32. The lowest BCUT2D eigenvalue weighted by atomic mass is 10.2. The Hall–Kier alpha value is -1.55. The summed E-state index contributed by atoms with van der Waals surface area (Å²) in [6.45, 7) is 2.03. The van der Waals surface area contributed by atoms with Crippen LogP contribution in [0.3, 0.4) is 0 Å². The number of thiophene rings is 1. The number of benzene rings is 1. The molecule has 0 spiro atoms. The third kappa shape index (κ3) is 2.10. The fraction of sp³-hybridized carbons (Fsp3) is 0.182. The Morgan fingerprint density at radius 1 is 1.33 bits per heavy atom. The molecular weight excluding hydrogens is 212 g/mol. The Morgan fingerprint density at radius 3 is 2.87 bits per heavy atom. The number of hydrogen-bond acceptors (Lipinski definition) is 4. The van der Waals surface area contributed by atoms with Crippen molar-refractivity contribution in [2.45, 2.75) is 6.92 Å². The predicted octanol–water partition coefficient (Wildman–Crippen LogP) is 3.35. The lowest BCUT2D eigenvalue weighted by Crippen LogP contribution is -2.05. The van der Waals surface area contributed by atoms with Gasteiger partial charge in [-0.15, -0.1) is 0 Å². The van der Waals surface area contributed by atoms with Crippen LogP contribution in [0.25, 0.3) is 10.1 Å². The van der Waals surface area contributed by atoms with Crippen LogP contribution in [0.15, 0.2) is 24.3 Å². The maximum absolute atomic E-state index is 10.9. The first kappa shape index (κ1) is 9.98. The molecule has 2 aromatic rings.